The van der Waals surface area contributed by atoms with Crippen molar-refractivity contribution in [2.45, 2.75) is 65.1 Å². The highest BCUT2D eigenvalue weighted by Gasteiger charge is 2.41. The summed E-state index contributed by atoms with van der Waals surface area (Å²) >= 11 is 6.02. The summed E-state index contributed by atoms with van der Waals surface area (Å²) in [6.07, 6.45) is -1.69. The van der Waals surface area contributed by atoms with Gasteiger partial charge in [-0.05, 0) is 56.5 Å². The van der Waals surface area contributed by atoms with Crippen molar-refractivity contribution in [3.8, 4) is 5.75 Å². The number of nitrogen functional groups attached to an aromatic ring is 1. The zero-order valence-corrected chi connectivity index (χ0v) is 30.9. The molecule has 2 aromatic rings. The van der Waals surface area contributed by atoms with Crippen molar-refractivity contribution in [2.24, 2.45) is 5.92 Å². The Labute approximate surface area is 300 Å². The number of allylic oxidation sites excluding steroid dienone is 3. The number of sulfonamides is 1. The molecular formula is C30H41ClF3N8O7PS. The van der Waals surface area contributed by atoms with E-state index in [9.17, 15) is 26.4 Å². The van der Waals surface area contributed by atoms with E-state index in [0.29, 0.717) is 28.7 Å². The largest absolute Gasteiger partial charge is 0.460 e. The van der Waals surface area contributed by atoms with E-state index in [0.717, 1.165) is 12.3 Å². The number of hydrogen-bond acceptors (Lipinski definition) is 14. The Morgan fingerprint density at radius 2 is 2.00 bits per heavy atom. The fraction of sp³-hybridized carbons (Fsp3) is 0.500. The number of hydrazine groups is 1. The molecule has 5 atom stereocenters. The number of nitrogens with zero attached hydrogens (tertiary/aromatic N) is 3. The fourth-order valence-electron chi connectivity index (χ4n) is 5.20. The molecular weight excluding hydrogens is 740 g/mol. The topological polar surface area (TPSA) is 191 Å². The average molecular weight is 781 g/mol. The van der Waals surface area contributed by atoms with Gasteiger partial charge in [-0.15, -0.1) is 4.83 Å². The van der Waals surface area contributed by atoms with Crippen LogP contribution in [0.25, 0.3) is 0 Å². The number of halogens is 4. The monoisotopic (exact) mass is 780 g/mol. The molecule has 51 heavy (non-hydrogen) atoms. The fourth-order valence-corrected chi connectivity index (χ4v) is 6.82. The third-order valence-electron chi connectivity index (χ3n) is 7.59. The first-order valence-electron chi connectivity index (χ1n) is 15.8. The summed E-state index contributed by atoms with van der Waals surface area (Å²) in [5.41, 5.74) is 7.97. The van der Waals surface area contributed by atoms with Crippen LogP contribution in [0.5, 0.6) is 5.75 Å². The van der Waals surface area contributed by atoms with Crippen molar-refractivity contribution < 1.29 is 44.9 Å². The Morgan fingerprint density at radius 1 is 1.29 bits per heavy atom. The van der Waals surface area contributed by atoms with Gasteiger partial charge in [-0.25, -0.2) is 13.5 Å². The van der Waals surface area contributed by atoms with E-state index in [1.165, 1.54) is 19.9 Å². The van der Waals surface area contributed by atoms with Gasteiger partial charge >= 0.3 is 20.7 Å². The standard InChI is InChI=1S/C30H41ClF3N8O7PS/c1-6-8-23(30(32,33)34)19(7-2)14-46-28(43)18(4)40-50(49-21-11-9-20(31)10-12-21)47-15-22-13-17(3)27(48-22)42-16-36-24-25(39-41-51(5,44)45)37-29(35)38-26(24)42/h6,8-12,17-18,22,27,36,40-41H,7,13-16H2,1-5H3,(H3,35,37,38,39)/b8-6-,23-19-. The van der Waals surface area contributed by atoms with Crippen LogP contribution in [0.4, 0.5) is 36.4 Å². The summed E-state index contributed by atoms with van der Waals surface area (Å²) < 4.78 is 87.8. The molecule has 282 valence electrons. The number of alkyl halides is 3. The molecule has 0 bridgehead atoms. The lowest BCUT2D eigenvalue weighted by Gasteiger charge is -2.28. The van der Waals surface area contributed by atoms with Gasteiger partial charge in [0.05, 0.1) is 31.2 Å². The Balaban J connectivity index is 1.42. The number of carbonyl (C=O) groups excluding carboxylic acids is 1. The molecule has 0 amide bonds. The van der Waals surface area contributed by atoms with Crippen LogP contribution in [0.3, 0.4) is 0 Å². The first-order chi connectivity index (χ1) is 24.0. The van der Waals surface area contributed by atoms with Gasteiger partial charge in [-0.3, -0.25) is 10.2 Å². The van der Waals surface area contributed by atoms with Crippen LogP contribution >= 0.6 is 20.1 Å². The SMILES string of the molecule is C/C=C\C(=C(/CC)COC(=O)C(C)NP(OCC1CC(C)C(N2CNc3c(NNS(C)(=O)=O)nc(N)nc32)O1)Oc1ccc(Cl)cc1)C(F)(F)F. The molecule has 6 N–H and O–H groups in total. The maximum atomic E-state index is 13.6. The van der Waals surface area contributed by atoms with Gasteiger partial charge in [0.2, 0.25) is 16.0 Å². The van der Waals surface area contributed by atoms with Crippen molar-refractivity contribution in [1.82, 2.24) is 19.9 Å². The van der Waals surface area contributed by atoms with E-state index < -0.39 is 61.2 Å². The van der Waals surface area contributed by atoms with Gasteiger partial charge < -0.3 is 34.5 Å². The van der Waals surface area contributed by atoms with E-state index >= 15 is 0 Å². The lowest BCUT2D eigenvalue weighted by atomic mass is 10.1. The Hall–Kier alpha value is -3.45. The predicted octanol–water partition coefficient (Wildman–Crippen LogP) is 5.22. The third kappa shape index (κ3) is 11.3. The number of nitrogens with two attached hydrogens (primary N) is 1. The second-order valence-electron chi connectivity index (χ2n) is 11.7. The van der Waals surface area contributed by atoms with Gasteiger partial charge in [-0.1, -0.05) is 37.6 Å². The number of ether oxygens (including phenoxy) is 2. The molecule has 0 aliphatic carbocycles. The molecule has 15 nitrogen and oxygen atoms in total. The summed E-state index contributed by atoms with van der Waals surface area (Å²) in [6.45, 7) is 6.28. The summed E-state index contributed by atoms with van der Waals surface area (Å²) in [4.78, 5) is 25.4. The first kappa shape index (κ1) is 40.3. The molecule has 2 aliphatic rings. The lowest BCUT2D eigenvalue weighted by Crippen LogP contribution is -2.39. The van der Waals surface area contributed by atoms with Crippen molar-refractivity contribution in [2.75, 3.05) is 47.5 Å². The smallest absolute Gasteiger partial charge is 0.416 e. The van der Waals surface area contributed by atoms with Crippen LogP contribution in [0.15, 0.2) is 47.6 Å². The summed E-state index contributed by atoms with van der Waals surface area (Å²) in [6, 6.07) is 5.45. The zero-order chi connectivity index (χ0) is 37.5. The molecule has 3 heterocycles. The van der Waals surface area contributed by atoms with Crippen LogP contribution in [0.1, 0.15) is 40.5 Å². The number of anilines is 4. The van der Waals surface area contributed by atoms with E-state index in [4.69, 9.17) is 35.9 Å². The molecule has 0 saturated carbocycles. The predicted molar refractivity (Wildman–Crippen MR) is 188 cm³/mol. The highest BCUT2D eigenvalue weighted by Crippen LogP contribution is 2.42. The van der Waals surface area contributed by atoms with Gasteiger partial charge in [0, 0.05) is 10.9 Å². The summed E-state index contributed by atoms with van der Waals surface area (Å²) in [5.74, 6) is 0.0293. The normalized spacial score (nSPS) is 20.8. The number of benzene rings is 1. The van der Waals surface area contributed by atoms with Crippen LogP contribution in [-0.2, 0) is 28.8 Å². The minimum atomic E-state index is -4.60. The number of hydrogen-bond donors (Lipinski definition) is 5. The van der Waals surface area contributed by atoms with Crippen molar-refractivity contribution in [3.05, 3.63) is 52.6 Å². The molecule has 2 aliphatic heterocycles. The van der Waals surface area contributed by atoms with Crippen LogP contribution in [-0.4, -0.2) is 75.0 Å². The molecule has 5 unspecified atom stereocenters. The number of aromatic nitrogens is 2. The Kier molecular flexibility index (Phi) is 13.7. The molecule has 1 fully saturated rings. The number of fused-ring (bicyclic) bond motifs is 1. The second-order valence-corrected chi connectivity index (χ2v) is 15.1. The first-order valence-corrected chi connectivity index (χ1v) is 19.2. The van der Waals surface area contributed by atoms with Gasteiger partial charge in [0.25, 0.3) is 0 Å². The maximum Gasteiger partial charge on any atom is 0.416 e. The Morgan fingerprint density at radius 3 is 2.63 bits per heavy atom. The number of rotatable bonds is 16. The highest BCUT2D eigenvalue weighted by molar-refractivity contribution is 7.88. The van der Waals surface area contributed by atoms with Crippen LogP contribution in [0.2, 0.25) is 5.02 Å². The zero-order valence-electron chi connectivity index (χ0n) is 28.5. The molecule has 1 aromatic heterocycles. The van der Waals surface area contributed by atoms with Gasteiger partial charge in [0.1, 0.15) is 30.3 Å². The summed E-state index contributed by atoms with van der Waals surface area (Å²) in [5, 5.41) is 6.58. The Bertz CT molecular complexity index is 1710. The van der Waals surface area contributed by atoms with E-state index in [2.05, 4.69) is 30.6 Å². The molecule has 1 aromatic carbocycles. The van der Waals surface area contributed by atoms with Gasteiger partial charge in [0.15, 0.2) is 11.6 Å². The average Bonchev–Trinajstić information content (AvgIpc) is 3.64. The van der Waals surface area contributed by atoms with E-state index in [-0.39, 0.29) is 43.0 Å². The van der Waals surface area contributed by atoms with E-state index in [1.807, 2.05) is 11.8 Å². The van der Waals surface area contributed by atoms with Crippen LogP contribution in [0, 0.1) is 5.92 Å². The molecule has 0 spiro atoms. The quantitative estimate of drug-likeness (QED) is 0.0645. The summed E-state index contributed by atoms with van der Waals surface area (Å²) in [7, 11) is -5.60. The van der Waals surface area contributed by atoms with Crippen molar-refractivity contribution >= 4 is 59.4 Å². The minimum Gasteiger partial charge on any atom is -0.460 e. The van der Waals surface area contributed by atoms with Crippen molar-refractivity contribution in [1.29, 1.82) is 0 Å². The number of carbonyl (C=O) groups is 1. The molecule has 0 radical (unpaired) electrons. The van der Waals surface area contributed by atoms with Crippen LogP contribution < -0.4 is 35.8 Å². The molecule has 21 heteroatoms. The minimum absolute atomic E-state index is 0.0247. The highest BCUT2D eigenvalue weighted by atomic mass is 35.5. The molecule has 1 saturated heterocycles. The second kappa shape index (κ2) is 17.4. The lowest BCUT2D eigenvalue weighted by molar-refractivity contribution is -0.144. The van der Waals surface area contributed by atoms with E-state index in [1.54, 1.807) is 31.2 Å². The van der Waals surface area contributed by atoms with Crippen molar-refractivity contribution in [3.63, 3.8) is 0 Å². The van der Waals surface area contributed by atoms with Gasteiger partial charge in [-0.2, -0.15) is 23.1 Å². The number of esters is 1. The third-order valence-corrected chi connectivity index (χ3v) is 9.67. The molecule has 4 rings (SSSR count). The maximum absolute atomic E-state index is 13.6. The number of nitrogens with one attached hydrogen (secondary N) is 4.